The minimum atomic E-state index is 0.922. The molecule has 82 valence electrons. The van der Waals surface area contributed by atoms with Crippen molar-refractivity contribution in [3.8, 4) is 5.75 Å². The molecule has 0 heterocycles. The van der Waals surface area contributed by atoms with Gasteiger partial charge < -0.3 is 4.74 Å². The maximum Gasteiger partial charge on any atom is 0.122 e. The molecule has 0 bridgehead atoms. The molecule has 0 saturated carbocycles. The predicted octanol–water partition coefficient (Wildman–Crippen LogP) is 3.59. The maximum absolute atomic E-state index is 5.37. The van der Waals surface area contributed by atoms with Gasteiger partial charge in [0.05, 0.1) is 7.11 Å². The van der Waals surface area contributed by atoms with Crippen LogP contribution in [0.2, 0.25) is 0 Å². The molecule has 2 aromatic carbocycles. The average molecular weight is 212 g/mol. The van der Waals surface area contributed by atoms with Crippen molar-refractivity contribution < 1.29 is 4.74 Å². The van der Waals surface area contributed by atoms with Gasteiger partial charge in [-0.05, 0) is 24.1 Å². The van der Waals surface area contributed by atoms with Crippen LogP contribution >= 0.6 is 0 Å². The third-order valence-corrected chi connectivity index (χ3v) is 2.67. The van der Waals surface area contributed by atoms with Gasteiger partial charge in [-0.15, -0.1) is 0 Å². The average Bonchev–Trinajstić information content (AvgIpc) is 2.31. The van der Waals surface area contributed by atoms with Gasteiger partial charge in [0.1, 0.15) is 5.75 Å². The molecule has 16 heavy (non-hydrogen) atoms. The first-order valence-corrected chi connectivity index (χ1v) is 5.47. The molecule has 0 aliphatic rings. The Kier molecular flexibility index (Phi) is 3.25. The Morgan fingerprint density at radius 3 is 2.44 bits per heavy atom. The lowest BCUT2D eigenvalue weighted by molar-refractivity contribution is 0.410. The van der Waals surface area contributed by atoms with Gasteiger partial charge >= 0.3 is 0 Å². The zero-order chi connectivity index (χ0) is 11.4. The quantitative estimate of drug-likeness (QED) is 0.755. The second-order valence-electron chi connectivity index (χ2n) is 3.98. The fraction of sp³-hybridized carbons (Fsp3) is 0.200. The monoisotopic (exact) mass is 212 g/mol. The second-order valence-corrected chi connectivity index (χ2v) is 3.98. The molecule has 0 spiro atoms. The summed E-state index contributed by atoms with van der Waals surface area (Å²) in [6, 6.07) is 16.8. The first kappa shape index (κ1) is 10.7. The Balaban J connectivity index is 2.30. The van der Waals surface area contributed by atoms with Crippen molar-refractivity contribution in [2.45, 2.75) is 13.3 Å². The lowest BCUT2D eigenvalue weighted by atomic mass is 10.0. The zero-order valence-electron chi connectivity index (χ0n) is 9.73. The molecule has 0 aromatic heterocycles. The lowest BCUT2D eigenvalue weighted by Crippen LogP contribution is -1.94. The van der Waals surface area contributed by atoms with E-state index in [4.69, 9.17) is 4.74 Å². The minimum absolute atomic E-state index is 0.922. The summed E-state index contributed by atoms with van der Waals surface area (Å²) in [6.45, 7) is 2.11. The van der Waals surface area contributed by atoms with Gasteiger partial charge in [-0.2, -0.15) is 0 Å². The van der Waals surface area contributed by atoms with Crippen molar-refractivity contribution in [1.82, 2.24) is 0 Å². The topological polar surface area (TPSA) is 9.23 Å². The number of hydrogen-bond acceptors (Lipinski definition) is 1. The van der Waals surface area contributed by atoms with Gasteiger partial charge in [0.25, 0.3) is 0 Å². The molecule has 2 rings (SSSR count). The summed E-state index contributed by atoms with van der Waals surface area (Å²) < 4.78 is 5.37. The van der Waals surface area contributed by atoms with Gasteiger partial charge in [0, 0.05) is 6.42 Å². The molecule has 0 N–H and O–H groups in total. The Morgan fingerprint density at radius 2 is 1.75 bits per heavy atom. The number of methoxy groups -OCH3 is 1. The predicted molar refractivity (Wildman–Crippen MR) is 67.0 cm³/mol. The van der Waals surface area contributed by atoms with Crippen LogP contribution in [0.1, 0.15) is 16.7 Å². The standard InChI is InChI=1S/C15H16O/c1-12-8-9-15(16-2)14(10-12)11-13-6-4-3-5-7-13/h3-10H,11H2,1-2H3. The SMILES string of the molecule is COc1ccc(C)cc1Cc1ccccc1. The summed E-state index contributed by atoms with van der Waals surface area (Å²) in [5, 5.41) is 0. The summed E-state index contributed by atoms with van der Waals surface area (Å²) in [6.07, 6.45) is 0.922. The first-order chi connectivity index (χ1) is 7.79. The summed E-state index contributed by atoms with van der Waals surface area (Å²) in [5.41, 5.74) is 3.83. The smallest absolute Gasteiger partial charge is 0.122 e. The number of aryl methyl sites for hydroxylation is 1. The van der Waals surface area contributed by atoms with Crippen LogP contribution in [0.3, 0.4) is 0 Å². The Morgan fingerprint density at radius 1 is 1.00 bits per heavy atom. The molecule has 0 aliphatic carbocycles. The van der Waals surface area contributed by atoms with E-state index in [2.05, 4.69) is 43.3 Å². The maximum atomic E-state index is 5.37. The van der Waals surface area contributed by atoms with Crippen LogP contribution < -0.4 is 4.74 Å². The highest BCUT2D eigenvalue weighted by Gasteiger charge is 2.03. The summed E-state index contributed by atoms with van der Waals surface area (Å²) in [7, 11) is 1.72. The van der Waals surface area contributed by atoms with Crippen molar-refractivity contribution in [3.63, 3.8) is 0 Å². The van der Waals surface area contributed by atoms with Crippen LogP contribution in [0.4, 0.5) is 0 Å². The van der Waals surface area contributed by atoms with Crippen LogP contribution in [0.25, 0.3) is 0 Å². The molecule has 0 atom stereocenters. The van der Waals surface area contributed by atoms with Crippen LogP contribution in [0, 0.1) is 6.92 Å². The highest BCUT2D eigenvalue weighted by Crippen LogP contribution is 2.22. The van der Waals surface area contributed by atoms with Crippen molar-refractivity contribution in [2.24, 2.45) is 0 Å². The van der Waals surface area contributed by atoms with Gasteiger partial charge in [0.15, 0.2) is 0 Å². The van der Waals surface area contributed by atoms with E-state index in [1.807, 2.05) is 12.1 Å². The summed E-state index contributed by atoms with van der Waals surface area (Å²) >= 11 is 0. The molecule has 0 unspecified atom stereocenters. The molecular formula is C15H16O. The van der Waals surface area contributed by atoms with Gasteiger partial charge in [-0.25, -0.2) is 0 Å². The lowest BCUT2D eigenvalue weighted by Gasteiger charge is -2.09. The zero-order valence-corrected chi connectivity index (χ0v) is 9.73. The Labute approximate surface area is 96.7 Å². The van der Waals surface area contributed by atoms with E-state index in [0.29, 0.717) is 0 Å². The highest BCUT2D eigenvalue weighted by atomic mass is 16.5. The van der Waals surface area contributed by atoms with Gasteiger partial charge in [0.2, 0.25) is 0 Å². The molecule has 0 saturated heterocycles. The molecule has 0 radical (unpaired) electrons. The number of hydrogen-bond donors (Lipinski definition) is 0. The third-order valence-electron chi connectivity index (χ3n) is 2.67. The number of ether oxygens (including phenoxy) is 1. The molecule has 0 fully saturated rings. The summed E-state index contributed by atoms with van der Waals surface area (Å²) in [5.74, 6) is 0.967. The Hall–Kier alpha value is -1.76. The van der Waals surface area contributed by atoms with E-state index >= 15 is 0 Å². The fourth-order valence-corrected chi connectivity index (χ4v) is 1.86. The third kappa shape index (κ3) is 2.43. The van der Waals surface area contributed by atoms with E-state index in [9.17, 15) is 0 Å². The fourth-order valence-electron chi connectivity index (χ4n) is 1.86. The number of benzene rings is 2. The van der Waals surface area contributed by atoms with E-state index in [1.54, 1.807) is 7.11 Å². The van der Waals surface area contributed by atoms with E-state index < -0.39 is 0 Å². The van der Waals surface area contributed by atoms with Crippen LogP contribution in [-0.4, -0.2) is 7.11 Å². The normalized spacial score (nSPS) is 10.1. The van der Waals surface area contributed by atoms with Gasteiger partial charge in [-0.1, -0.05) is 48.0 Å². The highest BCUT2D eigenvalue weighted by molar-refractivity contribution is 5.40. The van der Waals surface area contributed by atoms with Crippen molar-refractivity contribution in [1.29, 1.82) is 0 Å². The molecule has 0 amide bonds. The minimum Gasteiger partial charge on any atom is -0.496 e. The first-order valence-electron chi connectivity index (χ1n) is 5.47. The molecule has 2 aromatic rings. The van der Waals surface area contributed by atoms with Crippen LogP contribution in [-0.2, 0) is 6.42 Å². The second kappa shape index (κ2) is 4.84. The Bertz CT molecular complexity index is 460. The van der Waals surface area contributed by atoms with Crippen molar-refractivity contribution in [2.75, 3.05) is 7.11 Å². The number of rotatable bonds is 3. The summed E-state index contributed by atoms with van der Waals surface area (Å²) in [4.78, 5) is 0. The van der Waals surface area contributed by atoms with Crippen molar-refractivity contribution in [3.05, 3.63) is 65.2 Å². The molecular weight excluding hydrogens is 196 g/mol. The molecule has 1 nitrogen and oxygen atoms in total. The molecule has 0 aliphatic heterocycles. The van der Waals surface area contributed by atoms with E-state index in [0.717, 1.165) is 12.2 Å². The largest absolute Gasteiger partial charge is 0.496 e. The molecule has 1 heteroatoms. The van der Waals surface area contributed by atoms with Crippen LogP contribution in [0.15, 0.2) is 48.5 Å². The van der Waals surface area contributed by atoms with E-state index in [-0.39, 0.29) is 0 Å². The van der Waals surface area contributed by atoms with Crippen LogP contribution in [0.5, 0.6) is 5.75 Å². The van der Waals surface area contributed by atoms with Gasteiger partial charge in [-0.3, -0.25) is 0 Å². The van der Waals surface area contributed by atoms with E-state index in [1.165, 1.54) is 16.7 Å². The van der Waals surface area contributed by atoms with Crippen molar-refractivity contribution >= 4 is 0 Å².